The van der Waals surface area contributed by atoms with Gasteiger partial charge >= 0.3 is 0 Å². The summed E-state index contributed by atoms with van der Waals surface area (Å²) >= 11 is 0. The molecule has 142 valence electrons. The molecule has 0 unspecified atom stereocenters. The van der Waals surface area contributed by atoms with Crippen molar-refractivity contribution in [1.82, 2.24) is 14.8 Å². The number of aromatic amines is 1. The minimum atomic E-state index is 0.144. The Hall–Kier alpha value is -2.85. The number of carbonyl (C=O) groups excluding carboxylic acids is 1. The molecule has 1 N–H and O–H groups in total. The van der Waals surface area contributed by atoms with Crippen molar-refractivity contribution in [3.63, 3.8) is 0 Å². The number of benzene rings is 2. The number of nitrogens with one attached hydrogen (secondary N) is 1. The van der Waals surface area contributed by atoms with E-state index in [4.69, 9.17) is 0 Å². The number of hydrogen-bond donors (Lipinski definition) is 1. The van der Waals surface area contributed by atoms with Gasteiger partial charge in [-0.3, -0.25) is 9.69 Å². The highest BCUT2D eigenvalue weighted by molar-refractivity contribution is 5.98. The molecule has 0 bridgehead atoms. The van der Waals surface area contributed by atoms with E-state index in [2.05, 4.69) is 51.2 Å². The lowest BCUT2D eigenvalue weighted by Crippen LogP contribution is -2.39. The van der Waals surface area contributed by atoms with Gasteiger partial charge in [-0.2, -0.15) is 0 Å². The first-order chi connectivity index (χ1) is 13.8. The van der Waals surface area contributed by atoms with E-state index in [-0.39, 0.29) is 5.91 Å². The van der Waals surface area contributed by atoms with Gasteiger partial charge in [-0.1, -0.05) is 60.7 Å². The largest absolute Gasteiger partial charge is 0.351 e. The van der Waals surface area contributed by atoms with Crippen LogP contribution in [0.4, 0.5) is 0 Å². The first-order valence-electron chi connectivity index (χ1n) is 10.1. The molecule has 0 aliphatic carbocycles. The number of nitrogens with zero attached hydrogens (tertiary/aromatic N) is 2. The first-order valence-corrected chi connectivity index (χ1v) is 10.1. The molecule has 1 amide bonds. The second-order valence-electron chi connectivity index (χ2n) is 7.79. The van der Waals surface area contributed by atoms with Crippen LogP contribution < -0.4 is 0 Å². The molecule has 2 aromatic carbocycles. The molecule has 2 saturated heterocycles. The van der Waals surface area contributed by atoms with Gasteiger partial charge in [0, 0.05) is 42.6 Å². The van der Waals surface area contributed by atoms with Crippen LogP contribution in [0.2, 0.25) is 0 Å². The summed E-state index contributed by atoms with van der Waals surface area (Å²) in [7, 11) is 0. The lowest BCUT2D eigenvalue weighted by Gasteiger charge is -2.24. The SMILES string of the molecule is O=C(c1cc2ccccc2[nH]1)N1CC[C@H]2[C@@H]1CCN2CC=Cc1ccccc1. The molecular weight excluding hydrogens is 346 g/mol. The van der Waals surface area contributed by atoms with E-state index in [0.29, 0.717) is 17.8 Å². The summed E-state index contributed by atoms with van der Waals surface area (Å²) in [5, 5.41) is 1.10. The van der Waals surface area contributed by atoms with Crippen molar-refractivity contribution >= 4 is 22.9 Å². The van der Waals surface area contributed by atoms with Crippen molar-refractivity contribution in [3.8, 4) is 0 Å². The van der Waals surface area contributed by atoms with Gasteiger partial charge in [0.2, 0.25) is 0 Å². The van der Waals surface area contributed by atoms with Crippen LogP contribution in [0.1, 0.15) is 28.9 Å². The summed E-state index contributed by atoms with van der Waals surface area (Å²) in [6.45, 7) is 2.86. The van der Waals surface area contributed by atoms with Gasteiger partial charge in [0.25, 0.3) is 5.91 Å². The molecule has 5 rings (SSSR count). The van der Waals surface area contributed by atoms with Crippen molar-refractivity contribution in [3.05, 3.63) is 78.0 Å². The van der Waals surface area contributed by atoms with Crippen LogP contribution in [-0.4, -0.2) is 52.4 Å². The summed E-state index contributed by atoms with van der Waals surface area (Å²) in [6, 6.07) is 21.3. The van der Waals surface area contributed by atoms with Crippen LogP contribution in [0.3, 0.4) is 0 Å². The van der Waals surface area contributed by atoms with E-state index < -0.39 is 0 Å². The zero-order chi connectivity index (χ0) is 18.9. The summed E-state index contributed by atoms with van der Waals surface area (Å²) in [5.41, 5.74) is 2.98. The van der Waals surface area contributed by atoms with Gasteiger partial charge < -0.3 is 9.88 Å². The van der Waals surface area contributed by atoms with Gasteiger partial charge in [0.1, 0.15) is 5.69 Å². The molecule has 2 fully saturated rings. The average molecular weight is 371 g/mol. The summed E-state index contributed by atoms with van der Waals surface area (Å²) in [5.74, 6) is 0.144. The normalized spacial score (nSPS) is 22.4. The minimum absolute atomic E-state index is 0.144. The Labute approximate surface area is 165 Å². The standard InChI is InChI=1S/C24H25N3O/c28-24(21-17-19-10-4-5-11-20(19)25-21)27-16-13-22-23(27)12-15-26(22)14-6-9-18-7-2-1-3-8-18/h1-11,17,22-23,25H,12-16H2/t22-,23-/m0/s1. The molecule has 4 nitrogen and oxygen atoms in total. The Kier molecular flexibility index (Phi) is 4.49. The monoisotopic (exact) mass is 371 g/mol. The van der Waals surface area contributed by atoms with Crippen molar-refractivity contribution in [2.45, 2.75) is 24.9 Å². The van der Waals surface area contributed by atoms with E-state index >= 15 is 0 Å². The maximum atomic E-state index is 13.1. The van der Waals surface area contributed by atoms with Crippen molar-refractivity contribution < 1.29 is 4.79 Å². The van der Waals surface area contributed by atoms with E-state index in [1.165, 1.54) is 5.56 Å². The highest BCUT2D eigenvalue weighted by Gasteiger charge is 2.44. The predicted molar refractivity (Wildman–Crippen MR) is 113 cm³/mol. The number of likely N-dealkylation sites (tertiary alicyclic amines) is 2. The number of rotatable bonds is 4. The maximum absolute atomic E-state index is 13.1. The molecule has 1 aromatic heterocycles. The number of hydrogen-bond acceptors (Lipinski definition) is 2. The molecule has 4 heteroatoms. The van der Waals surface area contributed by atoms with E-state index in [9.17, 15) is 4.79 Å². The third-order valence-electron chi connectivity index (χ3n) is 6.16. The Morgan fingerprint density at radius 1 is 1.00 bits per heavy atom. The Balaban J connectivity index is 1.26. The Morgan fingerprint density at radius 3 is 2.64 bits per heavy atom. The number of amides is 1. The smallest absolute Gasteiger partial charge is 0.270 e. The molecule has 0 spiro atoms. The highest BCUT2D eigenvalue weighted by atomic mass is 16.2. The molecule has 0 radical (unpaired) electrons. The third-order valence-corrected chi connectivity index (χ3v) is 6.16. The maximum Gasteiger partial charge on any atom is 0.270 e. The van der Waals surface area contributed by atoms with Crippen molar-refractivity contribution in [2.75, 3.05) is 19.6 Å². The summed E-state index contributed by atoms with van der Waals surface area (Å²) in [4.78, 5) is 21.1. The molecule has 28 heavy (non-hydrogen) atoms. The second kappa shape index (κ2) is 7.28. The summed E-state index contributed by atoms with van der Waals surface area (Å²) < 4.78 is 0. The van der Waals surface area contributed by atoms with Gasteiger partial charge in [-0.15, -0.1) is 0 Å². The minimum Gasteiger partial charge on any atom is -0.351 e. The van der Waals surface area contributed by atoms with Crippen LogP contribution in [0.25, 0.3) is 17.0 Å². The van der Waals surface area contributed by atoms with Gasteiger partial charge in [-0.25, -0.2) is 0 Å². The lowest BCUT2D eigenvalue weighted by molar-refractivity contribution is 0.0728. The van der Waals surface area contributed by atoms with Gasteiger partial charge in [-0.05, 0) is 30.5 Å². The second-order valence-corrected chi connectivity index (χ2v) is 7.79. The average Bonchev–Trinajstić information content (AvgIpc) is 3.43. The highest BCUT2D eigenvalue weighted by Crippen LogP contribution is 2.32. The third kappa shape index (κ3) is 3.14. The zero-order valence-corrected chi connectivity index (χ0v) is 15.9. The molecule has 2 aliphatic heterocycles. The Bertz CT molecular complexity index is 974. The first kappa shape index (κ1) is 17.3. The van der Waals surface area contributed by atoms with E-state index in [0.717, 1.165) is 43.4 Å². The van der Waals surface area contributed by atoms with Crippen LogP contribution in [-0.2, 0) is 0 Å². The number of para-hydroxylation sites is 1. The van der Waals surface area contributed by atoms with Crippen LogP contribution in [0.15, 0.2) is 66.7 Å². The molecular formula is C24H25N3O. The van der Waals surface area contributed by atoms with Crippen LogP contribution in [0, 0.1) is 0 Å². The molecule has 3 heterocycles. The topological polar surface area (TPSA) is 39.3 Å². The van der Waals surface area contributed by atoms with Gasteiger partial charge in [0.05, 0.1) is 0 Å². The number of H-pyrrole nitrogens is 1. The number of fused-ring (bicyclic) bond motifs is 2. The lowest BCUT2D eigenvalue weighted by atomic mass is 10.1. The molecule has 2 atom stereocenters. The molecule has 3 aromatic rings. The van der Waals surface area contributed by atoms with Gasteiger partial charge in [0.15, 0.2) is 0 Å². The van der Waals surface area contributed by atoms with E-state index in [1.54, 1.807) is 0 Å². The summed E-state index contributed by atoms with van der Waals surface area (Å²) in [6.07, 6.45) is 6.57. The number of carbonyl (C=O) groups is 1. The quantitative estimate of drug-likeness (QED) is 0.748. The fourth-order valence-electron chi connectivity index (χ4n) is 4.79. The van der Waals surface area contributed by atoms with Crippen molar-refractivity contribution in [2.24, 2.45) is 0 Å². The zero-order valence-electron chi connectivity index (χ0n) is 15.9. The van der Waals surface area contributed by atoms with E-state index in [1.807, 2.05) is 36.4 Å². The van der Waals surface area contributed by atoms with Crippen molar-refractivity contribution in [1.29, 1.82) is 0 Å². The predicted octanol–water partition coefficient (Wildman–Crippen LogP) is 4.17. The molecule has 0 saturated carbocycles. The van der Waals surface area contributed by atoms with Crippen LogP contribution >= 0.6 is 0 Å². The fraction of sp³-hybridized carbons (Fsp3) is 0.292. The number of aromatic nitrogens is 1. The fourth-order valence-corrected chi connectivity index (χ4v) is 4.79. The Morgan fingerprint density at radius 2 is 1.79 bits per heavy atom. The van der Waals surface area contributed by atoms with Crippen LogP contribution in [0.5, 0.6) is 0 Å². The molecule has 2 aliphatic rings.